The third-order valence-corrected chi connectivity index (χ3v) is 3.72. The lowest BCUT2D eigenvalue weighted by atomic mass is 10.3. The molecule has 0 radical (unpaired) electrons. The molecular formula is C16H16N8. The largest absolute Gasteiger partial charge is 0.347 e. The average Bonchev–Trinajstić information content (AvgIpc) is 3.24. The van der Waals surface area contributed by atoms with Gasteiger partial charge in [-0.05, 0) is 12.1 Å². The molecule has 0 bridgehead atoms. The average molecular weight is 320 g/mol. The van der Waals surface area contributed by atoms with E-state index in [1.807, 2.05) is 52.5 Å². The molecule has 0 atom stereocenters. The third-order valence-electron chi connectivity index (χ3n) is 3.72. The van der Waals surface area contributed by atoms with Crippen LogP contribution in [0, 0.1) is 0 Å². The summed E-state index contributed by atoms with van der Waals surface area (Å²) in [6.45, 7) is 0.630. The van der Waals surface area contributed by atoms with Crippen molar-refractivity contribution < 1.29 is 0 Å². The quantitative estimate of drug-likeness (QED) is 0.567. The molecule has 0 aliphatic carbocycles. The SMILES string of the molecule is CN(C)c1ncc(-c2nccn2Cc2cccc3ncnn23)cn1. The zero-order chi connectivity index (χ0) is 16.5. The molecular weight excluding hydrogens is 304 g/mol. The van der Waals surface area contributed by atoms with Gasteiger partial charge in [-0.2, -0.15) is 5.10 Å². The van der Waals surface area contributed by atoms with Gasteiger partial charge in [0, 0.05) is 38.9 Å². The van der Waals surface area contributed by atoms with Crippen LogP contribution in [0.4, 0.5) is 5.95 Å². The van der Waals surface area contributed by atoms with E-state index in [0.717, 1.165) is 22.7 Å². The molecule has 0 aromatic carbocycles. The van der Waals surface area contributed by atoms with Crippen LogP contribution in [0.3, 0.4) is 0 Å². The van der Waals surface area contributed by atoms with Crippen molar-refractivity contribution in [3.05, 3.63) is 55.0 Å². The highest BCUT2D eigenvalue weighted by molar-refractivity contribution is 5.54. The fourth-order valence-corrected chi connectivity index (χ4v) is 2.56. The van der Waals surface area contributed by atoms with Crippen molar-refractivity contribution >= 4 is 11.6 Å². The summed E-state index contributed by atoms with van der Waals surface area (Å²) in [7, 11) is 3.82. The van der Waals surface area contributed by atoms with Crippen LogP contribution < -0.4 is 4.90 Å². The maximum atomic E-state index is 4.45. The van der Waals surface area contributed by atoms with Gasteiger partial charge in [0.15, 0.2) is 5.65 Å². The number of imidazole rings is 1. The van der Waals surface area contributed by atoms with Gasteiger partial charge < -0.3 is 9.47 Å². The Morgan fingerprint density at radius 3 is 2.67 bits per heavy atom. The van der Waals surface area contributed by atoms with Crippen molar-refractivity contribution in [2.45, 2.75) is 6.54 Å². The van der Waals surface area contributed by atoms with Crippen molar-refractivity contribution in [1.82, 2.24) is 34.1 Å². The van der Waals surface area contributed by atoms with E-state index in [-0.39, 0.29) is 0 Å². The van der Waals surface area contributed by atoms with Gasteiger partial charge in [0.05, 0.1) is 17.8 Å². The second-order valence-corrected chi connectivity index (χ2v) is 5.59. The highest BCUT2D eigenvalue weighted by Crippen LogP contribution is 2.18. The van der Waals surface area contributed by atoms with Crippen molar-refractivity contribution in [1.29, 1.82) is 0 Å². The number of aromatic nitrogens is 7. The van der Waals surface area contributed by atoms with Crippen LogP contribution in [0.15, 0.2) is 49.3 Å². The van der Waals surface area contributed by atoms with Crippen molar-refractivity contribution in [3.63, 3.8) is 0 Å². The van der Waals surface area contributed by atoms with Crippen LogP contribution in [0.1, 0.15) is 5.69 Å². The first-order valence-corrected chi connectivity index (χ1v) is 7.51. The van der Waals surface area contributed by atoms with Crippen LogP contribution in [-0.4, -0.2) is 48.2 Å². The Labute approximate surface area is 138 Å². The summed E-state index contributed by atoms with van der Waals surface area (Å²) in [4.78, 5) is 19.2. The summed E-state index contributed by atoms with van der Waals surface area (Å²) in [5.74, 6) is 1.49. The molecule has 0 N–H and O–H groups in total. The van der Waals surface area contributed by atoms with E-state index >= 15 is 0 Å². The Balaban J connectivity index is 1.69. The van der Waals surface area contributed by atoms with Gasteiger partial charge in [0.2, 0.25) is 5.95 Å². The molecule has 0 spiro atoms. The highest BCUT2D eigenvalue weighted by Gasteiger charge is 2.10. The zero-order valence-corrected chi connectivity index (χ0v) is 13.4. The second-order valence-electron chi connectivity index (χ2n) is 5.59. The normalized spacial score (nSPS) is 11.1. The molecule has 0 unspecified atom stereocenters. The first-order chi connectivity index (χ1) is 11.7. The van der Waals surface area contributed by atoms with Gasteiger partial charge in [0.1, 0.15) is 12.2 Å². The van der Waals surface area contributed by atoms with E-state index < -0.39 is 0 Å². The molecule has 8 heteroatoms. The zero-order valence-electron chi connectivity index (χ0n) is 13.4. The van der Waals surface area contributed by atoms with Crippen LogP contribution in [0.25, 0.3) is 17.0 Å². The molecule has 4 heterocycles. The third kappa shape index (κ3) is 2.47. The van der Waals surface area contributed by atoms with Gasteiger partial charge in [-0.25, -0.2) is 24.5 Å². The van der Waals surface area contributed by atoms with E-state index in [1.165, 1.54) is 0 Å². The van der Waals surface area contributed by atoms with Crippen molar-refractivity contribution in [2.24, 2.45) is 0 Å². The molecule has 0 saturated carbocycles. The fraction of sp³-hybridized carbons (Fsp3) is 0.188. The van der Waals surface area contributed by atoms with Gasteiger partial charge in [-0.15, -0.1) is 0 Å². The lowest BCUT2D eigenvalue weighted by Gasteiger charge is -2.11. The Morgan fingerprint density at radius 2 is 1.88 bits per heavy atom. The molecule has 0 fully saturated rings. The number of fused-ring (bicyclic) bond motifs is 1. The Hall–Kier alpha value is -3.29. The smallest absolute Gasteiger partial charge is 0.224 e. The van der Waals surface area contributed by atoms with Crippen LogP contribution in [0.5, 0.6) is 0 Å². The Kier molecular flexibility index (Phi) is 3.42. The lowest BCUT2D eigenvalue weighted by Crippen LogP contribution is -2.12. The summed E-state index contributed by atoms with van der Waals surface area (Å²) in [6.07, 6.45) is 8.84. The molecule has 0 aliphatic rings. The van der Waals surface area contributed by atoms with Gasteiger partial charge >= 0.3 is 0 Å². The van der Waals surface area contributed by atoms with Crippen molar-refractivity contribution in [2.75, 3.05) is 19.0 Å². The molecule has 4 aromatic rings. The topological polar surface area (TPSA) is 77.0 Å². The van der Waals surface area contributed by atoms with E-state index in [9.17, 15) is 0 Å². The predicted molar refractivity (Wildman–Crippen MR) is 89.7 cm³/mol. The van der Waals surface area contributed by atoms with Crippen LogP contribution >= 0.6 is 0 Å². The maximum absolute atomic E-state index is 4.45. The Morgan fingerprint density at radius 1 is 1.04 bits per heavy atom. The minimum atomic E-state index is 0.630. The summed E-state index contributed by atoms with van der Waals surface area (Å²) in [5, 5.41) is 4.27. The predicted octanol–water partition coefficient (Wildman–Crippen LogP) is 1.50. The first-order valence-electron chi connectivity index (χ1n) is 7.51. The van der Waals surface area contributed by atoms with Crippen LogP contribution in [-0.2, 0) is 6.54 Å². The maximum Gasteiger partial charge on any atom is 0.224 e. The van der Waals surface area contributed by atoms with Gasteiger partial charge in [-0.3, -0.25) is 0 Å². The summed E-state index contributed by atoms with van der Waals surface area (Å²) in [6, 6.07) is 5.93. The Bertz CT molecular complexity index is 967. The summed E-state index contributed by atoms with van der Waals surface area (Å²) in [5.41, 5.74) is 2.72. The fourth-order valence-electron chi connectivity index (χ4n) is 2.56. The first kappa shape index (κ1) is 14.3. The molecule has 120 valence electrons. The lowest BCUT2D eigenvalue weighted by molar-refractivity contribution is 0.740. The summed E-state index contributed by atoms with van der Waals surface area (Å²) >= 11 is 0. The number of nitrogens with zero attached hydrogens (tertiary/aromatic N) is 8. The van der Waals surface area contributed by atoms with Gasteiger partial charge in [0.25, 0.3) is 0 Å². The van der Waals surface area contributed by atoms with E-state index in [0.29, 0.717) is 12.5 Å². The molecule has 0 amide bonds. The molecule has 24 heavy (non-hydrogen) atoms. The number of pyridine rings is 1. The molecule has 0 aliphatic heterocycles. The molecule has 0 saturated heterocycles. The molecule has 8 nitrogen and oxygen atoms in total. The van der Waals surface area contributed by atoms with E-state index in [2.05, 4.69) is 25.0 Å². The summed E-state index contributed by atoms with van der Waals surface area (Å²) < 4.78 is 3.87. The number of hydrogen-bond acceptors (Lipinski definition) is 6. The van der Waals surface area contributed by atoms with Crippen LogP contribution in [0.2, 0.25) is 0 Å². The molecule has 4 aromatic heterocycles. The second kappa shape index (κ2) is 5.73. The minimum Gasteiger partial charge on any atom is -0.347 e. The minimum absolute atomic E-state index is 0.630. The number of hydrogen-bond donors (Lipinski definition) is 0. The number of rotatable bonds is 4. The monoisotopic (exact) mass is 320 g/mol. The molecule has 4 rings (SSSR count). The number of anilines is 1. The van der Waals surface area contributed by atoms with Gasteiger partial charge in [-0.1, -0.05) is 6.07 Å². The van der Waals surface area contributed by atoms with E-state index in [1.54, 1.807) is 24.9 Å². The highest BCUT2D eigenvalue weighted by atomic mass is 15.3. The van der Waals surface area contributed by atoms with E-state index in [4.69, 9.17) is 0 Å². The van der Waals surface area contributed by atoms with Crippen molar-refractivity contribution in [3.8, 4) is 11.4 Å². The standard InChI is InChI=1S/C16H16N8/c1-22(2)16-18-8-12(9-19-16)15-17-6-7-23(15)10-13-4-3-5-14-20-11-21-24(13)14/h3-9,11H,10H2,1-2H3.